The lowest BCUT2D eigenvalue weighted by atomic mass is 10.3. The van der Waals surface area contributed by atoms with Gasteiger partial charge in [-0.15, -0.1) is 0 Å². The smallest absolute Gasteiger partial charge is 0.273 e. The van der Waals surface area contributed by atoms with E-state index in [-0.39, 0.29) is 12.3 Å². The number of nitro groups is 1. The summed E-state index contributed by atoms with van der Waals surface area (Å²) in [6.45, 7) is 3.07. The molecule has 6 nitrogen and oxygen atoms in total. The standard InChI is InChI=1S/C14H14BrN3O3/c1-2-16-10-5-6-17-11(7-10)9-21-14-8-12(18(19)20)3-4-13(14)15/h3-8H,2,9H2,1H3,(H,16,17). The number of rotatable bonds is 6. The molecule has 7 heteroatoms. The van der Waals surface area contributed by atoms with E-state index in [1.807, 2.05) is 19.1 Å². The quantitative estimate of drug-likeness (QED) is 0.633. The van der Waals surface area contributed by atoms with E-state index >= 15 is 0 Å². The lowest BCUT2D eigenvalue weighted by molar-refractivity contribution is -0.385. The molecule has 0 fully saturated rings. The second-order valence-corrected chi connectivity index (χ2v) is 5.08. The van der Waals surface area contributed by atoms with E-state index in [4.69, 9.17) is 4.74 Å². The Kier molecular flexibility index (Phi) is 5.10. The van der Waals surface area contributed by atoms with Crippen molar-refractivity contribution in [1.82, 2.24) is 4.98 Å². The number of aromatic nitrogens is 1. The zero-order valence-corrected chi connectivity index (χ0v) is 13.0. The van der Waals surface area contributed by atoms with E-state index in [0.717, 1.165) is 17.9 Å². The number of hydrogen-bond acceptors (Lipinski definition) is 5. The highest BCUT2D eigenvalue weighted by atomic mass is 79.9. The molecule has 0 aliphatic rings. The lowest BCUT2D eigenvalue weighted by Crippen LogP contribution is -2.02. The third-order valence-electron chi connectivity index (χ3n) is 2.70. The van der Waals surface area contributed by atoms with Gasteiger partial charge in [-0.05, 0) is 41.1 Å². The fraction of sp³-hybridized carbons (Fsp3) is 0.214. The van der Waals surface area contributed by atoms with Gasteiger partial charge in [0.1, 0.15) is 12.4 Å². The fourth-order valence-electron chi connectivity index (χ4n) is 1.74. The number of hydrogen-bond donors (Lipinski definition) is 1. The first kappa shape index (κ1) is 15.2. The van der Waals surface area contributed by atoms with Gasteiger partial charge in [0.05, 0.1) is 21.2 Å². The van der Waals surface area contributed by atoms with Crippen molar-refractivity contribution in [2.45, 2.75) is 13.5 Å². The van der Waals surface area contributed by atoms with Gasteiger partial charge in [0.2, 0.25) is 0 Å². The molecule has 0 amide bonds. The van der Waals surface area contributed by atoms with Crippen molar-refractivity contribution in [3.8, 4) is 5.75 Å². The van der Waals surface area contributed by atoms with Crippen molar-refractivity contribution >= 4 is 27.3 Å². The van der Waals surface area contributed by atoms with Crippen LogP contribution in [0.5, 0.6) is 5.75 Å². The molecule has 2 rings (SSSR count). The molecule has 1 N–H and O–H groups in total. The van der Waals surface area contributed by atoms with Crippen LogP contribution < -0.4 is 10.1 Å². The Morgan fingerprint density at radius 2 is 2.19 bits per heavy atom. The number of nitro benzene ring substituents is 1. The Hall–Kier alpha value is -2.15. The molecule has 2 aromatic rings. The normalized spacial score (nSPS) is 10.2. The Labute approximate surface area is 130 Å². The van der Waals surface area contributed by atoms with Crippen molar-refractivity contribution in [1.29, 1.82) is 0 Å². The second-order valence-electron chi connectivity index (χ2n) is 4.23. The van der Waals surface area contributed by atoms with Crippen LogP contribution in [0.15, 0.2) is 41.0 Å². The Morgan fingerprint density at radius 3 is 2.90 bits per heavy atom. The van der Waals surface area contributed by atoms with Gasteiger partial charge in [-0.25, -0.2) is 0 Å². The first-order valence-corrected chi connectivity index (χ1v) is 7.15. The SMILES string of the molecule is CCNc1ccnc(COc2cc([N+](=O)[O-])ccc2Br)c1. The molecular weight excluding hydrogens is 338 g/mol. The highest BCUT2D eigenvalue weighted by Crippen LogP contribution is 2.29. The van der Waals surface area contributed by atoms with Crippen LogP contribution in [0.4, 0.5) is 11.4 Å². The fourth-order valence-corrected chi connectivity index (χ4v) is 2.10. The van der Waals surface area contributed by atoms with Crippen molar-refractivity contribution in [2.24, 2.45) is 0 Å². The summed E-state index contributed by atoms with van der Waals surface area (Å²) in [5.74, 6) is 0.417. The van der Waals surface area contributed by atoms with Gasteiger partial charge in [0.15, 0.2) is 0 Å². The van der Waals surface area contributed by atoms with Crippen LogP contribution >= 0.6 is 15.9 Å². The molecule has 1 heterocycles. The van der Waals surface area contributed by atoms with Crippen molar-refractivity contribution in [3.63, 3.8) is 0 Å². The van der Waals surface area contributed by atoms with Crippen molar-refractivity contribution < 1.29 is 9.66 Å². The van der Waals surface area contributed by atoms with Crippen LogP contribution in [0.25, 0.3) is 0 Å². The second kappa shape index (κ2) is 7.03. The van der Waals surface area contributed by atoms with E-state index in [0.29, 0.717) is 10.2 Å². The molecule has 110 valence electrons. The zero-order valence-electron chi connectivity index (χ0n) is 11.4. The molecule has 21 heavy (non-hydrogen) atoms. The van der Waals surface area contributed by atoms with E-state index in [1.54, 1.807) is 12.3 Å². The molecule has 0 aliphatic heterocycles. The maximum absolute atomic E-state index is 10.8. The predicted octanol–water partition coefficient (Wildman–Crippen LogP) is 3.76. The van der Waals surface area contributed by atoms with Crippen molar-refractivity contribution in [2.75, 3.05) is 11.9 Å². The summed E-state index contributed by atoms with van der Waals surface area (Å²) in [4.78, 5) is 14.5. The number of benzene rings is 1. The molecule has 0 radical (unpaired) electrons. The Balaban J connectivity index is 2.10. The van der Waals surface area contributed by atoms with Crippen LogP contribution in [0.1, 0.15) is 12.6 Å². The van der Waals surface area contributed by atoms with Gasteiger partial charge in [-0.3, -0.25) is 15.1 Å². The average molecular weight is 352 g/mol. The average Bonchev–Trinajstić information content (AvgIpc) is 2.47. The van der Waals surface area contributed by atoms with Gasteiger partial charge in [0, 0.05) is 24.5 Å². The molecule has 0 aliphatic carbocycles. The monoisotopic (exact) mass is 351 g/mol. The van der Waals surface area contributed by atoms with Crippen LogP contribution in [-0.2, 0) is 6.61 Å². The summed E-state index contributed by atoms with van der Waals surface area (Å²) in [7, 11) is 0. The third-order valence-corrected chi connectivity index (χ3v) is 3.35. The van der Waals surface area contributed by atoms with Gasteiger partial charge in [-0.1, -0.05) is 0 Å². The Bertz CT molecular complexity index is 649. The van der Waals surface area contributed by atoms with Gasteiger partial charge in [-0.2, -0.15) is 0 Å². The highest BCUT2D eigenvalue weighted by Gasteiger charge is 2.11. The lowest BCUT2D eigenvalue weighted by Gasteiger charge is -2.09. The van der Waals surface area contributed by atoms with E-state index in [1.165, 1.54) is 12.1 Å². The largest absolute Gasteiger partial charge is 0.486 e. The maximum Gasteiger partial charge on any atom is 0.273 e. The van der Waals surface area contributed by atoms with Crippen LogP contribution in [-0.4, -0.2) is 16.5 Å². The first-order chi connectivity index (χ1) is 10.1. The molecule has 0 bridgehead atoms. The van der Waals surface area contributed by atoms with Crippen LogP contribution in [0, 0.1) is 10.1 Å². The van der Waals surface area contributed by atoms with Crippen molar-refractivity contribution in [3.05, 3.63) is 56.8 Å². The van der Waals surface area contributed by atoms with Crippen LogP contribution in [0.2, 0.25) is 0 Å². The van der Waals surface area contributed by atoms with Gasteiger partial charge >= 0.3 is 0 Å². The maximum atomic E-state index is 10.8. The topological polar surface area (TPSA) is 77.3 Å². The number of nitrogens with one attached hydrogen (secondary N) is 1. The molecule has 0 unspecified atom stereocenters. The summed E-state index contributed by atoms with van der Waals surface area (Å²) in [6.07, 6.45) is 1.69. The van der Waals surface area contributed by atoms with E-state index < -0.39 is 4.92 Å². The van der Waals surface area contributed by atoms with E-state index in [9.17, 15) is 10.1 Å². The summed E-state index contributed by atoms with van der Waals surface area (Å²) in [6, 6.07) is 8.15. The number of pyridine rings is 1. The molecule has 1 aromatic heterocycles. The molecule has 0 atom stereocenters. The minimum atomic E-state index is -0.455. The molecule has 0 saturated carbocycles. The zero-order chi connectivity index (χ0) is 15.2. The first-order valence-electron chi connectivity index (χ1n) is 6.35. The van der Waals surface area contributed by atoms with Gasteiger partial charge < -0.3 is 10.1 Å². The van der Waals surface area contributed by atoms with Crippen LogP contribution in [0.3, 0.4) is 0 Å². The van der Waals surface area contributed by atoms with E-state index in [2.05, 4.69) is 26.2 Å². The Morgan fingerprint density at radius 1 is 1.38 bits per heavy atom. The minimum absolute atomic E-state index is 0.0115. The number of halogens is 1. The number of anilines is 1. The molecular formula is C14H14BrN3O3. The number of non-ortho nitro benzene ring substituents is 1. The molecule has 0 spiro atoms. The molecule has 0 saturated heterocycles. The predicted molar refractivity (Wildman–Crippen MR) is 83.5 cm³/mol. The summed E-state index contributed by atoms with van der Waals surface area (Å²) < 4.78 is 6.27. The molecule has 1 aromatic carbocycles. The summed E-state index contributed by atoms with van der Waals surface area (Å²) >= 11 is 3.31. The number of nitrogens with zero attached hydrogens (tertiary/aromatic N) is 2. The summed E-state index contributed by atoms with van der Waals surface area (Å²) in [5, 5.41) is 14.0. The third kappa shape index (κ3) is 4.16. The highest BCUT2D eigenvalue weighted by molar-refractivity contribution is 9.10. The summed E-state index contributed by atoms with van der Waals surface area (Å²) in [5.41, 5.74) is 1.69. The van der Waals surface area contributed by atoms with Gasteiger partial charge in [0.25, 0.3) is 5.69 Å². The minimum Gasteiger partial charge on any atom is -0.486 e. The number of ether oxygens (including phenoxy) is 1.